The highest BCUT2D eigenvalue weighted by Crippen LogP contribution is 2.23. The van der Waals surface area contributed by atoms with Crippen molar-refractivity contribution in [3.63, 3.8) is 0 Å². The summed E-state index contributed by atoms with van der Waals surface area (Å²) >= 11 is 0. The largest absolute Gasteiger partial charge is 0.490 e. The number of quaternary nitrogens is 1. The van der Waals surface area contributed by atoms with Crippen molar-refractivity contribution in [1.82, 2.24) is 0 Å². The van der Waals surface area contributed by atoms with Gasteiger partial charge in [0.25, 0.3) is 0 Å². The van der Waals surface area contributed by atoms with Crippen LogP contribution in [-0.2, 0) is 22.5 Å². The molecule has 0 aliphatic rings. The highest BCUT2D eigenvalue weighted by atomic mass is 16.5. The molecule has 188 valence electrons. The molecule has 0 bridgehead atoms. The minimum atomic E-state index is -0.130. The summed E-state index contributed by atoms with van der Waals surface area (Å²) in [5.41, 5.74) is 2.56. The number of esters is 1. The Labute approximate surface area is 207 Å². The number of carbonyl (C=O) groups excluding carboxylic acids is 1. The lowest BCUT2D eigenvalue weighted by molar-refractivity contribution is -0.903. The van der Waals surface area contributed by atoms with Crippen LogP contribution in [0.5, 0.6) is 5.75 Å². The predicted molar refractivity (Wildman–Crippen MR) is 141 cm³/mol. The first-order valence-corrected chi connectivity index (χ1v) is 13.2. The molecule has 4 heteroatoms. The van der Waals surface area contributed by atoms with Gasteiger partial charge in [-0.1, -0.05) is 87.6 Å². The average Bonchev–Trinajstić information content (AvgIpc) is 2.81. The predicted octanol–water partition coefficient (Wildman–Crippen LogP) is 6.96. The first-order valence-electron chi connectivity index (χ1n) is 13.2. The van der Waals surface area contributed by atoms with Crippen LogP contribution in [-0.4, -0.2) is 43.8 Å². The smallest absolute Gasteiger partial charge is 0.311 e. The van der Waals surface area contributed by atoms with Crippen LogP contribution in [0.25, 0.3) is 0 Å². The van der Waals surface area contributed by atoms with Crippen molar-refractivity contribution in [2.45, 2.75) is 84.3 Å². The molecule has 0 spiro atoms. The van der Waals surface area contributed by atoms with E-state index >= 15 is 0 Å². The fourth-order valence-electron chi connectivity index (χ4n) is 4.16. The summed E-state index contributed by atoms with van der Waals surface area (Å²) in [6.45, 7) is 6.35. The zero-order valence-corrected chi connectivity index (χ0v) is 21.9. The second kappa shape index (κ2) is 15.5. The Bertz CT molecular complexity index is 819. The molecule has 2 aromatic rings. The zero-order chi connectivity index (χ0) is 24.7. The zero-order valence-electron chi connectivity index (χ0n) is 21.9. The highest BCUT2D eigenvalue weighted by molar-refractivity contribution is 5.69. The van der Waals surface area contributed by atoms with Gasteiger partial charge in [-0.2, -0.15) is 0 Å². The topological polar surface area (TPSA) is 35.5 Å². The second-order valence-electron chi connectivity index (χ2n) is 10.1. The summed E-state index contributed by atoms with van der Waals surface area (Å²) in [5, 5.41) is 0. The molecular weight excluding hydrogens is 422 g/mol. The van der Waals surface area contributed by atoms with Crippen molar-refractivity contribution in [2.75, 3.05) is 27.2 Å². The van der Waals surface area contributed by atoms with Crippen molar-refractivity contribution in [1.29, 1.82) is 0 Å². The number of para-hydroxylation sites is 1. The third-order valence-corrected chi connectivity index (χ3v) is 6.26. The Hall–Kier alpha value is -2.33. The quantitative estimate of drug-likeness (QED) is 0.143. The summed E-state index contributed by atoms with van der Waals surface area (Å²) in [4.78, 5) is 12.3. The van der Waals surface area contributed by atoms with Crippen LogP contribution < -0.4 is 4.74 Å². The molecule has 0 amide bonds. The van der Waals surface area contributed by atoms with Crippen LogP contribution in [0.15, 0.2) is 54.6 Å². The number of unbranched alkanes of at least 4 members (excludes halogenated alkanes) is 5. The third kappa shape index (κ3) is 11.7. The highest BCUT2D eigenvalue weighted by Gasteiger charge is 2.18. The summed E-state index contributed by atoms with van der Waals surface area (Å²) in [6.07, 6.45) is 9.95. The molecule has 0 saturated carbocycles. The maximum Gasteiger partial charge on any atom is 0.311 e. The van der Waals surface area contributed by atoms with Crippen molar-refractivity contribution in [3.8, 4) is 5.75 Å². The molecular formula is C30H46NO3+. The molecule has 0 fully saturated rings. The van der Waals surface area contributed by atoms with Gasteiger partial charge < -0.3 is 14.0 Å². The van der Waals surface area contributed by atoms with Gasteiger partial charge in [0.2, 0.25) is 0 Å². The summed E-state index contributed by atoms with van der Waals surface area (Å²) in [5.74, 6) is 0.838. The molecule has 0 saturated heterocycles. The molecule has 0 aliphatic carbocycles. The van der Waals surface area contributed by atoms with E-state index in [1.54, 1.807) is 0 Å². The van der Waals surface area contributed by atoms with Crippen molar-refractivity contribution < 1.29 is 18.8 Å². The summed E-state index contributed by atoms with van der Waals surface area (Å²) < 4.78 is 12.5. The number of benzene rings is 2. The maximum absolute atomic E-state index is 12.3. The van der Waals surface area contributed by atoms with Crippen LogP contribution in [0.1, 0.15) is 76.3 Å². The number of rotatable bonds is 17. The van der Waals surface area contributed by atoms with Crippen LogP contribution in [0.2, 0.25) is 0 Å². The third-order valence-electron chi connectivity index (χ3n) is 6.26. The minimum Gasteiger partial charge on any atom is -0.490 e. The van der Waals surface area contributed by atoms with Gasteiger partial charge in [-0.25, -0.2) is 0 Å². The lowest BCUT2D eigenvalue weighted by Gasteiger charge is -2.29. The maximum atomic E-state index is 12.3. The molecule has 2 rings (SSSR count). The summed E-state index contributed by atoms with van der Waals surface area (Å²) in [6, 6.07) is 18.7. The van der Waals surface area contributed by atoms with Gasteiger partial charge in [-0.3, -0.25) is 4.79 Å². The molecule has 0 radical (unpaired) electrons. The first kappa shape index (κ1) is 27.9. The number of ether oxygens (including phenoxy) is 2. The number of hydrogen-bond acceptors (Lipinski definition) is 3. The molecule has 0 aliphatic heterocycles. The van der Waals surface area contributed by atoms with Gasteiger partial charge in [0, 0.05) is 12.0 Å². The van der Waals surface area contributed by atoms with Crippen LogP contribution >= 0.6 is 0 Å². The van der Waals surface area contributed by atoms with Gasteiger partial charge in [0.1, 0.15) is 12.3 Å². The molecule has 1 unspecified atom stereocenters. The van der Waals surface area contributed by atoms with Crippen LogP contribution in [0, 0.1) is 0 Å². The minimum absolute atomic E-state index is 0.00353. The van der Waals surface area contributed by atoms with Crippen LogP contribution in [0.3, 0.4) is 0 Å². The Balaban J connectivity index is 1.66. The average molecular weight is 469 g/mol. The lowest BCUT2D eigenvalue weighted by atomic mass is 10.0. The van der Waals surface area contributed by atoms with E-state index in [1.165, 1.54) is 49.7 Å². The first-order chi connectivity index (χ1) is 16.4. The van der Waals surface area contributed by atoms with Crippen molar-refractivity contribution >= 4 is 5.97 Å². The van der Waals surface area contributed by atoms with E-state index in [-0.39, 0.29) is 12.1 Å². The Morgan fingerprint density at radius 2 is 1.59 bits per heavy atom. The number of hydrogen-bond donors (Lipinski definition) is 0. The van der Waals surface area contributed by atoms with E-state index in [0.29, 0.717) is 19.4 Å². The summed E-state index contributed by atoms with van der Waals surface area (Å²) in [7, 11) is 4.30. The molecule has 34 heavy (non-hydrogen) atoms. The number of carbonyl (C=O) groups is 1. The van der Waals surface area contributed by atoms with E-state index in [1.807, 2.05) is 12.1 Å². The molecule has 4 nitrogen and oxygen atoms in total. The monoisotopic (exact) mass is 468 g/mol. The molecule has 0 aromatic heterocycles. The molecule has 2 aromatic carbocycles. The fourth-order valence-corrected chi connectivity index (χ4v) is 4.16. The van der Waals surface area contributed by atoms with Gasteiger partial charge in [-0.15, -0.1) is 0 Å². The molecule has 0 heterocycles. The molecule has 1 atom stereocenters. The normalized spacial score (nSPS) is 12.4. The SMILES string of the molecule is CCCCCCCCc1ccccc1OC(C)CCOC(=O)CC[N+](C)(C)Cc1ccccc1. The second-order valence-corrected chi connectivity index (χ2v) is 10.1. The lowest BCUT2D eigenvalue weighted by Crippen LogP contribution is -2.40. The van der Waals surface area contributed by atoms with Gasteiger partial charge in [0.05, 0.1) is 39.8 Å². The number of nitrogens with zero attached hydrogens (tertiary/aromatic N) is 1. The Morgan fingerprint density at radius 1 is 0.912 bits per heavy atom. The van der Waals surface area contributed by atoms with Gasteiger partial charge in [0.15, 0.2) is 0 Å². The van der Waals surface area contributed by atoms with Gasteiger partial charge in [-0.05, 0) is 31.4 Å². The number of aryl methyl sites for hydroxylation is 1. The van der Waals surface area contributed by atoms with E-state index < -0.39 is 0 Å². The fraction of sp³-hybridized carbons (Fsp3) is 0.567. The standard InChI is InChI=1S/C30H46NO3/c1-5-6-7-8-9-13-18-28-19-14-15-20-29(28)34-26(2)22-24-33-30(32)21-23-31(3,4)25-27-16-11-10-12-17-27/h10-12,14-17,19-20,26H,5-9,13,18,21-25H2,1-4H3/q+1. The molecule has 0 N–H and O–H groups in total. The van der Waals surface area contributed by atoms with E-state index in [0.717, 1.165) is 29.7 Å². The Morgan fingerprint density at radius 3 is 2.35 bits per heavy atom. The van der Waals surface area contributed by atoms with Crippen molar-refractivity contribution in [2.24, 2.45) is 0 Å². The van der Waals surface area contributed by atoms with E-state index in [2.05, 4.69) is 70.4 Å². The van der Waals surface area contributed by atoms with Gasteiger partial charge >= 0.3 is 5.97 Å². The van der Waals surface area contributed by atoms with E-state index in [9.17, 15) is 4.79 Å². The van der Waals surface area contributed by atoms with Crippen LogP contribution in [0.4, 0.5) is 0 Å². The Kier molecular flexibility index (Phi) is 12.8. The van der Waals surface area contributed by atoms with E-state index in [4.69, 9.17) is 9.47 Å². The van der Waals surface area contributed by atoms with Crippen molar-refractivity contribution in [3.05, 3.63) is 65.7 Å².